The van der Waals surface area contributed by atoms with Crippen molar-refractivity contribution in [1.82, 2.24) is 0 Å². The minimum absolute atomic E-state index is 0.0159. The van der Waals surface area contributed by atoms with Crippen molar-refractivity contribution < 1.29 is 33.8 Å². The van der Waals surface area contributed by atoms with E-state index < -0.39 is 23.9 Å². The minimum Gasteiger partial charge on any atom is -0.478 e. The first-order valence-electron chi connectivity index (χ1n) is 10.3. The van der Waals surface area contributed by atoms with Crippen LogP contribution in [0.25, 0.3) is 0 Å². The fourth-order valence-corrected chi connectivity index (χ4v) is 3.01. The molecule has 1 N–H and O–H groups in total. The number of aromatic carboxylic acids is 1. The van der Waals surface area contributed by atoms with Gasteiger partial charge in [0, 0.05) is 0 Å². The highest BCUT2D eigenvalue weighted by molar-refractivity contribution is 6.10. The highest BCUT2D eigenvalue weighted by Gasteiger charge is 2.24. The van der Waals surface area contributed by atoms with Crippen LogP contribution in [0.5, 0.6) is 0 Å². The molecule has 0 spiro atoms. The van der Waals surface area contributed by atoms with E-state index in [2.05, 4.69) is 6.92 Å². The lowest BCUT2D eigenvalue weighted by atomic mass is 10.1. The van der Waals surface area contributed by atoms with Crippen molar-refractivity contribution in [1.29, 1.82) is 0 Å². The second-order valence-corrected chi connectivity index (χ2v) is 6.98. The third kappa shape index (κ3) is 7.06. The molecule has 0 aliphatic carbocycles. The zero-order chi connectivity index (χ0) is 22.6. The van der Waals surface area contributed by atoms with Crippen LogP contribution in [-0.4, -0.2) is 35.6 Å². The largest absolute Gasteiger partial charge is 0.478 e. The monoisotopic (exact) mass is 426 g/mol. The Hall–Kier alpha value is -3.48. The normalized spacial score (nSPS) is 10.4. The van der Waals surface area contributed by atoms with Crippen molar-refractivity contribution in [3.05, 3.63) is 70.8 Å². The molecule has 0 aliphatic heterocycles. The molecule has 0 heterocycles. The fourth-order valence-electron chi connectivity index (χ4n) is 3.01. The van der Waals surface area contributed by atoms with Crippen LogP contribution < -0.4 is 0 Å². The zero-order valence-electron chi connectivity index (χ0n) is 17.5. The Balaban J connectivity index is 2.01. The number of hydrogen-bond donors (Lipinski definition) is 1. The Morgan fingerprint density at radius 1 is 0.677 bits per heavy atom. The maximum Gasteiger partial charge on any atom is 0.346 e. The lowest BCUT2D eigenvalue weighted by Gasteiger charge is -2.10. The fraction of sp³-hybridized carbons (Fsp3) is 0.333. The van der Waals surface area contributed by atoms with Crippen molar-refractivity contribution in [2.24, 2.45) is 0 Å². The Morgan fingerprint density at radius 3 is 1.68 bits per heavy atom. The van der Waals surface area contributed by atoms with Gasteiger partial charge >= 0.3 is 23.9 Å². The van der Waals surface area contributed by atoms with Gasteiger partial charge in [0.05, 0.1) is 28.9 Å². The summed E-state index contributed by atoms with van der Waals surface area (Å²) in [5.74, 6) is -4.17. The molecule has 0 aromatic heterocycles. The molecule has 0 fully saturated rings. The number of carboxylic acids is 1. The van der Waals surface area contributed by atoms with Gasteiger partial charge in [0.2, 0.25) is 0 Å². The van der Waals surface area contributed by atoms with Gasteiger partial charge in [-0.25, -0.2) is 19.2 Å². The van der Waals surface area contributed by atoms with E-state index in [0.29, 0.717) is 0 Å². The van der Waals surface area contributed by atoms with Crippen LogP contribution in [0.4, 0.5) is 0 Å². The number of carbonyl (C=O) groups excluding carboxylic acids is 3. The Bertz CT molecular complexity index is 933. The predicted molar refractivity (Wildman–Crippen MR) is 113 cm³/mol. The summed E-state index contributed by atoms with van der Waals surface area (Å²) in [4.78, 5) is 48.5. The summed E-state index contributed by atoms with van der Waals surface area (Å²) in [6.45, 7) is 2.38. The van der Waals surface area contributed by atoms with E-state index in [1.54, 1.807) is 6.07 Å². The molecular formula is C24H26O7. The van der Waals surface area contributed by atoms with E-state index in [1.165, 1.54) is 48.9 Å². The van der Waals surface area contributed by atoms with Crippen molar-refractivity contribution in [3.8, 4) is 0 Å². The van der Waals surface area contributed by atoms with Crippen LogP contribution >= 0.6 is 0 Å². The molecular weight excluding hydrogens is 400 g/mol. The number of benzene rings is 2. The lowest BCUT2D eigenvalue weighted by molar-refractivity contribution is 0.0378. The van der Waals surface area contributed by atoms with Crippen molar-refractivity contribution in [3.63, 3.8) is 0 Å². The number of esters is 3. The second-order valence-electron chi connectivity index (χ2n) is 6.98. The van der Waals surface area contributed by atoms with Crippen LogP contribution in [0.3, 0.4) is 0 Å². The summed E-state index contributed by atoms with van der Waals surface area (Å²) >= 11 is 0. The first-order valence-corrected chi connectivity index (χ1v) is 10.3. The van der Waals surface area contributed by atoms with Crippen LogP contribution in [0.15, 0.2) is 48.5 Å². The van der Waals surface area contributed by atoms with Crippen LogP contribution in [0.1, 0.15) is 86.9 Å². The number of carboxylic acid groups (broad SMARTS) is 1. The summed E-state index contributed by atoms with van der Waals surface area (Å²) in [5, 5.41) is 9.19. The standard InChI is InChI=1S/C24H26O7/c1-2-3-4-5-6-11-16-30-22(27)19-14-9-10-15-20(19)24(29)31-23(28)18-13-8-7-12-17(18)21(25)26/h7-10,12-15H,2-6,11,16H2,1H3,(H,25,26). The summed E-state index contributed by atoms with van der Waals surface area (Å²) in [5.41, 5.74) is -0.687. The van der Waals surface area contributed by atoms with Gasteiger partial charge < -0.3 is 14.6 Å². The van der Waals surface area contributed by atoms with E-state index in [4.69, 9.17) is 9.47 Å². The maximum absolute atomic E-state index is 12.5. The lowest BCUT2D eigenvalue weighted by Crippen LogP contribution is -2.19. The summed E-state index contributed by atoms with van der Waals surface area (Å²) < 4.78 is 10.1. The number of rotatable bonds is 11. The van der Waals surface area contributed by atoms with E-state index in [0.717, 1.165) is 32.1 Å². The Kier molecular flexibility index (Phi) is 9.42. The van der Waals surface area contributed by atoms with Gasteiger partial charge in [0.25, 0.3) is 0 Å². The number of carbonyl (C=O) groups is 4. The third-order valence-electron chi connectivity index (χ3n) is 4.66. The molecule has 0 amide bonds. The van der Waals surface area contributed by atoms with Crippen molar-refractivity contribution >= 4 is 23.9 Å². The van der Waals surface area contributed by atoms with Crippen LogP contribution in [-0.2, 0) is 9.47 Å². The average Bonchev–Trinajstić information content (AvgIpc) is 2.78. The first kappa shape index (κ1) is 23.8. The zero-order valence-corrected chi connectivity index (χ0v) is 17.5. The summed E-state index contributed by atoms with van der Waals surface area (Å²) in [6.07, 6.45) is 6.25. The van der Waals surface area contributed by atoms with Crippen molar-refractivity contribution in [2.75, 3.05) is 6.61 Å². The maximum atomic E-state index is 12.5. The molecule has 2 aromatic carbocycles. The molecule has 2 aromatic rings. The molecule has 0 radical (unpaired) electrons. The highest BCUT2D eigenvalue weighted by Crippen LogP contribution is 2.16. The van der Waals surface area contributed by atoms with E-state index in [1.807, 2.05) is 0 Å². The smallest absolute Gasteiger partial charge is 0.346 e. The van der Waals surface area contributed by atoms with Gasteiger partial charge in [0.15, 0.2) is 0 Å². The number of unbranched alkanes of at least 4 members (excludes halogenated alkanes) is 5. The second kappa shape index (κ2) is 12.3. The molecule has 0 bridgehead atoms. The number of ether oxygens (including phenoxy) is 2. The minimum atomic E-state index is -1.32. The van der Waals surface area contributed by atoms with Gasteiger partial charge in [-0.15, -0.1) is 0 Å². The molecule has 2 rings (SSSR count). The van der Waals surface area contributed by atoms with Gasteiger partial charge in [0.1, 0.15) is 0 Å². The van der Waals surface area contributed by atoms with Gasteiger partial charge in [-0.3, -0.25) is 0 Å². The SMILES string of the molecule is CCCCCCCCOC(=O)c1ccccc1C(=O)OC(=O)c1ccccc1C(=O)O. The average molecular weight is 426 g/mol. The number of hydrogen-bond acceptors (Lipinski definition) is 6. The molecule has 164 valence electrons. The summed E-state index contributed by atoms with van der Waals surface area (Å²) in [6, 6.07) is 11.3. The first-order chi connectivity index (χ1) is 15.0. The van der Waals surface area contributed by atoms with Gasteiger partial charge in [-0.1, -0.05) is 63.3 Å². The van der Waals surface area contributed by atoms with Crippen LogP contribution in [0, 0.1) is 0 Å². The van der Waals surface area contributed by atoms with E-state index in [-0.39, 0.29) is 28.9 Å². The Morgan fingerprint density at radius 2 is 1.13 bits per heavy atom. The molecule has 7 nitrogen and oxygen atoms in total. The topological polar surface area (TPSA) is 107 Å². The van der Waals surface area contributed by atoms with Gasteiger partial charge in [-0.05, 0) is 30.7 Å². The summed E-state index contributed by atoms with van der Waals surface area (Å²) in [7, 11) is 0. The predicted octanol–water partition coefficient (Wildman–Crippen LogP) is 4.90. The van der Waals surface area contributed by atoms with Crippen LogP contribution in [0.2, 0.25) is 0 Å². The van der Waals surface area contributed by atoms with E-state index >= 15 is 0 Å². The highest BCUT2D eigenvalue weighted by atomic mass is 16.6. The molecule has 0 saturated carbocycles. The molecule has 0 aliphatic rings. The molecule has 7 heteroatoms. The van der Waals surface area contributed by atoms with Gasteiger partial charge in [-0.2, -0.15) is 0 Å². The molecule has 0 atom stereocenters. The van der Waals surface area contributed by atoms with Crippen molar-refractivity contribution in [2.45, 2.75) is 45.4 Å². The van der Waals surface area contributed by atoms with E-state index in [9.17, 15) is 24.3 Å². The quantitative estimate of drug-likeness (QED) is 0.309. The Labute approximate surface area is 181 Å². The molecule has 0 saturated heterocycles. The molecule has 0 unspecified atom stereocenters. The third-order valence-corrected chi connectivity index (χ3v) is 4.66. The molecule has 31 heavy (non-hydrogen) atoms.